The standard InChI is InChI=1S/C20H21ClN6O/c1-14-2-3-16(10-17(14)21)25-20(28)15-4-7-26(8-5-15)18-11-19(24-12-23-18)27-9-6-22-13-27/h2-3,6,9-13,15H,4-5,7-8H2,1H3,(H,25,28). The summed E-state index contributed by atoms with van der Waals surface area (Å²) >= 11 is 6.14. The van der Waals surface area contributed by atoms with Crippen LogP contribution in [0.15, 0.2) is 49.3 Å². The minimum absolute atomic E-state index is 0.0220. The van der Waals surface area contributed by atoms with Gasteiger partial charge in [0.05, 0.1) is 0 Å². The first-order valence-corrected chi connectivity index (χ1v) is 9.60. The number of carbonyl (C=O) groups is 1. The van der Waals surface area contributed by atoms with Gasteiger partial charge in [0.15, 0.2) is 0 Å². The molecule has 0 unspecified atom stereocenters. The van der Waals surface area contributed by atoms with E-state index in [0.29, 0.717) is 5.02 Å². The molecule has 1 aliphatic rings. The number of amides is 1. The van der Waals surface area contributed by atoms with Crippen LogP contribution in [0.3, 0.4) is 0 Å². The van der Waals surface area contributed by atoms with E-state index >= 15 is 0 Å². The number of piperidine rings is 1. The van der Waals surface area contributed by atoms with E-state index in [0.717, 1.165) is 48.8 Å². The van der Waals surface area contributed by atoms with Crippen LogP contribution in [0.1, 0.15) is 18.4 Å². The molecular formula is C20H21ClN6O. The van der Waals surface area contributed by atoms with Gasteiger partial charge in [-0.2, -0.15) is 0 Å². The van der Waals surface area contributed by atoms with Crippen molar-refractivity contribution >= 4 is 29.0 Å². The van der Waals surface area contributed by atoms with Crippen molar-refractivity contribution < 1.29 is 4.79 Å². The highest BCUT2D eigenvalue weighted by Crippen LogP contribution is 2.25. The number of nitrogens with zero attached hydrogens (tertiary/aromatic N) is 5. The van der Waals surface area contributed by atoms with Gasteiger partial charge in [0.2, 0.25) is 5.91 Å². The first-order chi connectivity index (χ1) is 13.6. The maximum atomic E-state index is 12.6. The van der Waals surface area contributed by atoms with Gasteiger partial charge in [0.25, 0.3) is 0 Å². The summed E-state index contributed by atoms with van der Waals surface area (Å²) in [6.07, 6.45) is 8.38. The lowest BCUT2D eigenvalue weighted by Gasteiger charge is -2.32. The molecule has 0 bridgehead atoms. The molecule has 4 rings (SSSR count). The minimum atomic E-state index is -0.0220. The normalized spacial score (nSPS) is 14.9. The summed E-state index contributed by atoms with van der Waals surface area (Å²) in [6, 6.07) is 7.53. The molecule has 1 aliphatic heterocycles. The number of anilines is 2. The maximum absolute atomic E-state index is 12.6. The Balaban J connectivity index is 1.37. The molecule has 144 valence electrons. The largest absolute Gasteiger partial charge is 0.356 e. The molecule has 1 N–H and O–H groups in total. The highest BCUT2D eigenvalue weighted by Gasteiger charge is 2.26. The fourth-order valence-corrected chi connectivity index (χ4v) is 3.51. The molecule has 7 nitrogen and oxygen atoms in total. The number of rotatable bonds is 4. The van der Waals surface area contributed by atoms with Crippen LogP contribution in [0.5, 0.6) is 0 Å². The fraction of sp³-hybridized carbons (Fsp3) is 0.300. The summed E-state index contributed by atoms with van der Waals surface area (Å²) in [4.78, 5) is 27.5. The Bertz CT molecular complexity index is 967. The van der Waals surface area contributed by atoms with E-state index in [-0.39, 0.29) is 11.8 Å². The lowest BCUT2D eigenvalue weighted by Crippen LogP contribution is -2.38. The summed E-state index contributed by atoms with van der Waals surface area (Å²) < 4.78 is 1.85. The van der Waals surface area contributed by atoms with E-state index in [1.165, 1.54) is 0 Å². The molecule has 3 heterocycles. The van der Waals surface area contributed by atoms with Gasteiger partial charge in [0, 0.05) is 48.2 Å². The van der Waals surface area contributed by atoms with Crippen LogP contribution >= 0.6 is 11.6 Å². The van der Waals surface area contributed by atoms with Gasteiger partial charge in [-0.15, -0.1) is 0 Å². The minimum Gasteiger partial charge on any atom is -0.356 e. The number of carbonyl (C=O) groups excluding carboxylic acids is 1. The van der Waals surface area contributed by atoms with E-state index in [4.69, 9.17) is 11.6 Å². The first-order valence-electron chi connectivity index (χ1n) is 9.22. The monoisotopic (exact) mass is 396 g/mol. The first kappa shape index (κ1) is 18.4. The molecule has 0 radical (unpaired) electrons. The third kappa shape index (κ3) is 3.99. The number of hydrogen-bond acceptors (Lipinski definition) is 5. The van der Waals surface area contributed by atoms with Crippen molar-refractivity contribution in [2.45, 2.75) is 19.8 Å². The summed E-state index contributed by atoms with van der Waals surface area (Å²) in [6.45, 7) is 3.48. The van der Waals surface area contributed by atoms with Crippen LogP contribution in [0, 0.1) is 12.8 Å². The summed E-state index contributed by atoms with van der Waals surface area (Å²) in [7, 11) is 0. The van der Waals surface area contributed by atoms with Crippen molar-refractivity contribution in [2.75, 3.05) is 23.3 Å². The second-order valence-electron chi connectivity index (χ2n) is 6.92. The van der Waals surface area contributed by atoms with Crippen LogP contribution in [0.2, 0.25) is 5.02 Å². The van der Waals surface area contributed by atoms with Crippen molar-refractivity contribution in [3.8, 4) is 5.82 Å². The molecule has 0 aliphatic carbocycles. The van der Waals surface area contributed by atoms with Gasteiger partial charge in [-0.05, 0) is 37.5 Å². The highest BCUT2D eigenvalue weighted by atomic mass is 35.5. The number of hydrogen-bond donors (Lipinski definition) is 1. The molecular weight excluding hydrogens is 376 g/mol. The van der Waals surface area contributed by atoms with Crippen LogP contribution in [-0.4, -0.2) is 38.5 Å². The van der Waals surface area contributed by atoms with E-state index in [9.17, 15) is 4.79 Å². The predicted molar refractivity (Wildman–Crippen MR) is 109 cm³/mol. The molecule has 1 aromatic carbocycles. The SMILES string of the molecule is Cc1ccc(NC(=O)C2CCN(c3cc(-n4ccnc4)ncn3)CC2)cc1Cl. The van der Waals surface area contributed by atoms with Gasteiger partial charge in [-0.3, -0.25) is 9.36 Å². The third-order valence-electron chi connectivity index (χ3n) is 5.04. The Morgan fingerprint density at radius 3 is 2.68 bits per heavy atom. The van der Waals surface area contributed by atoms with Crippen LogP contribution in [-0.2, 0) is 4.79 Å². The molecule has 0 atom stereocenters. The van der Waals surface area contributed by atoms with E-state index in [2.05, 4.69) is 25.2 Å². The van der Waals surface area contributed by atoms with Crippen molar-refractivity contribution in [3.05, 3.63) is 59.9 Å². The second kappa shape index (κ2) is 7.98. The third-order valence-corrected chi connectivity index (χ3v) is 5.44. The molecule has 1 fully saturated rings. The van der Waals surface area contributed by atoms with E-state index in [1.807, 2.05) is 35.9 Å². The molecule has 0 spiro atoms. The van der Waals surface area contributed by atoms with Crippen LogP contribution in [0.25, 0.3) is 5.82 Å². The molecule has 28 heavy (non-hydrogen) atoms. The smallest absolute Gasteiger partial charge is 0.227 e. The Morgan fingerprint density at radius 2 is 1.96 bits per heavy atom. The lowest BCUT2D eigenvalue weighted by atomic mass is 9.95. The zero-order valence-corrected chi connectivity index (χ0v) is 16.3. The van der Waals surface area contributed by atoms with Crippen molar-refractivity contribution in [3.63, 3.8) is 0 Å². The van der Waals surface area contributed by atoms with Crippen molar-refractivity contribution in [2.24, 2.45) is 5.92 Å². The summed E-state index contributed by atoms with van der Waals surface area (Å²) in [5.74, 6) is 1.66. The number of aryl methyl sites for hydroxylation is 1. The number of aromatic nitrogens is 4. The van der Waals surface area contributed by atoms with Crippen LogP contribution < -0.4 is 10.2 Å². The summed E-state index contributed by atoms with van der Waals surface area (Å²) in [5, 5.41) is 3.64. The van der Waals surface area contributed by atoms with Gasteiger partial charge >= 0.3 is 0 Å². The molecule has 3 aromatic rings. The quantitative estimate of drug-likeness (QED) is 0.730. The number of benzene rings is 1. The Kier molecular flexibility index (Phi) is 5.25. The predicted octanol–water partition coefficient (Wildman–Crippen LogP) is 3.48. The Morgan fingerprint density at radius 1 is 1.18 bits per heavy atom. The average Bonchev–Trinajstić information content (AvgIpc) is 3.26. The average molecular weight is 397 g/mol. The zero-order chi connectivity index (χ0) is 19.5. The number of imidazole rings is 1. The molecule has 8 heteroatoms. The van der Waals surface area contributed by atoms with Gasteiger partial charge < -0.3 is 10.2 Å². The van der Waals surface area contributed by atoms with E-state index < -0.39 is 0 Å². The topological polar surface area (TPSA) is 75.9 Å². The highest BCUT2D eigenvalue weighted by molar-refractivity contribution is 6.31. The van der Waals surface area contributed by atoms with Crippen molar-refractivity contribution in [1.82, 2.24) is 19.5 Å². The van der Waals surface area contributed by atoms with Crippen molar-refractivity contribution in [1.29, 1.82) is 0 Å². The Labute approximate surface area is 168 Å². The summed E-state index contributed by atoms with van der Waals surface area (Å²) in [5.41, 5.74) is 1.73. The second-order valence-corrected chi connectivity index (χ2v) is 7.33. The van der Waals surface area contributed by atoms with Gasteiger partial charge in [0.1, 0.15) is 24.3 Å². The lowest BCUT2D eigenvalue weighted by molar-refractivity contribution is -0.120. The van der Waals surface area contributed by atoms with Gasteiger partial charge in [-0.25, -0.2) is 15.0 Å². The Hall–Kier alpha value is -2.93. The molecule has 2 aromatic heterocycles. The fourth-order valence-electron chi connectivity index (χ4n) is 3.33. The zero-order valence-electron chi connectivity index (χ0n) is 15.5. The number of nitrogens with one attached hydrogen (secondary N) is 1. The number of halogens is 1. The molecule has 1 saturated heterocycles. The maximum Gasteiger partial charge on any atom is 0.227 e. The van der Waals surface area contributed by atoms with Gasteiger partial charge in [-0.1, -0.05) is 17.7 Å². The van der Waals surface area contributed by atoms with Crippen LogP contribution in [0.4, 0.5) is 11.5 Å². The van der Waals surface area contributed by atoms with E-state index in [1.54, 1.807) is 24.9 Å². The molecule has 1 amide bonds. The molecule has 0 saturated carbocycles.